The van der Waals surface area contributed by atoms with Crippen LogP contribution in [0.2, 0.25) is 0 Å². The maximum atomic E-state index is 12.9. The first-order chi connectivity index (χ1) is 13.9. The van der Waals surface area contributed by atoms with E-state index in [9.17, 15) is 18.0 Å². The van der Waals surface area contributed by atoms with Crippen molar-refractivity contribution in [1.82, 2.24) is 20.4 Å². The molecule has 2 amide bonds. The Bertz CT molecular complexity index is 943. The van der Waals surface area contributed by atoms with E-state index in [1.54, 1.807) is 10.9 Å². The van der Waals surface area contributed by atoms with E-state index in [1.807, 2.05) is 36.5 Å². The van der Waals surface area contributed by atoms with Gasteiger partial charge in [-0.05, 0) is 35.9 Å². The highest BCUT2D eigenvalue weighted by molar-refractivity contribution is 5.73. The lowest BCUT2D eigenvalue weighted by Crippen LogP contribution is -2.37. The van der Waals surface area contributed by atoms with Crippen LogP contribution in [-0.2, 0) is 12.7 Å². The maximum Gasteiger partial charge on any atom is 0.419 e. The number of alkyl halides is 3. The van der Waals surface area contributed by atoms with Gasteiger partial charge in [0.1, 0.15) is 12.4 Å². The Morgan fingerprint density at radius 3 is 2.66 bits per heavy atom. The minimum Gasteiger partial charge on any atom is -0.491 e. The number of carbonyl (C=O) groups is 1. The van der Waals surface area contributed by atoms with Gasteiger partial charge in [-0.2, -0.15) is 18.3 Å². The molecule has 1 heterocycles. The molecule has 2 N–H and O–H groups in total. The summed E-state index contributed by atoms with van der Waals surface area (Å²) < 4.78 is 45.6. The first-order valence-corrected chi connectivity index (χ1v) is 8.83. The van der Waals surface area contributed by atoms with Crippen LogP contribution in [0.5, 0.6) is 5.75 Å². The number of halogens is 3. The van der Waals surface area contributed by atoms with Crippen LogP contribution >= 0.6 is 0 Å². The van der Waals surface area contributed by atoms with Crippen LogP contribution in [0, 0.1) is 0 Å². The zero-order valence-electron chi connectivity index (χ0n) is 15.3. The van der Waals surface area contributed by atoms with Gasteiger partial charge >= 0.3 is 12.2 Å². The third-order valence-electron chi connectivity index (χ3n) is 3.97. The van der Waals surface area contributed by atoms with Crippen LogP contribution in [0.1, 0.15) is 11.1 Å². The lowest BCUT2D eigenvalue weighted by Gasteiger charge is -2.14. The SMILES string of the molecule is O=C(NCCOc1ccccc1C(F)(F)F)NCc1cccc(-n2cccn2)c1. The van der Waals surface area contributed by atoms with Crippen LogP contribution in [0.25, 0.3) is 5.69 Å². The fourth-order valence-electron chi connectivity index (χ4n) is 2.63. The highest BCUT2D eigenvalue weighted by Crippen LogP contribution is 2.35. The third-order valence-corrected chi connectivity index (χ3v) is 3.97. The smallest absolute Gasteiger partial charge is 0.419 e. The second-order valence-corrected chi connectivity index (χ2v) is 6.07. The minimum atomic E-state index is -4.49. The first kappa shape index (κ1) is 20.2. The lowest BCUT2D eigenvalue weighted by molar-refractivity contribution is -0.138. The number of para-hydroxylation sites is 1. The zero-order chi connectivity index (χ0) is 20.7. The standard InChI is InChI=1S/C20H19F3N4O2/c21-20(22,23)17-7-1-2-8-18(17)29-12-10-24-19(28)25-14-15-5-3-6-16(13-15)27-11-4-9-26-27/h1-9,11,13H,10,12,14H2,(H2,24,25,28). The Morgan fingerprint density at radius 2 is 1.90 bits per heavy atom. The highest BCUT2D eigenvalue weighted by Gasteiger charge is 2.33. The molecular formula is C20H19F3N4O2. The number of nitrogens with one attached hydrogen (secondary N) is 2. The van der Waals surface area contributed by atoms with Gasteiger partial charge in [-0.15, -0.1) is 0 Å². The summed E-state index contributed by atoms with van der Waals surface area (Å²) in [6, 6.07) is 13.8. The van der Waals surface area contributed by atoms with Gasteiger partial charge in [-0.25, -0.2) is 9.48 Å². The molecule has 0 bridgehead atoms. The Labute approximate surface area is 165 Å². The fourth-order valence-corrected chi connectivity index (χ4v) is 2.63. The van der Waals surface area contributed by atoms with Crippen molar-refractivity contribution in [2.75, 3.05) is 13.2 Å². The molecule has 0 spiro atoms. The van der Waals surface area contributed by atoms with Crippen molar-refractivity contribution >= 4 is 6.03 Å². The number of urea groups is 1. The average Bonchev–Trinajstić information content (AvgIpc) is 3.24. The van der Waals surface area contributed by atoms with E-state index in [-0.39, 0.29) is 18.9 Å². The second-order valence-electron chi connectivity index (χ2n) is 6.07. The molecule has 6 nitrogen and oxygen atoms in total. The van der Waals surface area contributed by atoms with Gasteiger partial charge in [-0.3, -0.25) is 0 Å². The van der Waals surface area contributed by atoms with Crippen molar-refractivity contribution in [2.45, 2.75) is 12.7 Å². The van der Waals surface area contributed by atoms with Gasteiger partial charge in [0, 0.05) is 18.9 Å². The molecule has 3 rings (SSSR count). The van der Waals surface area contributed by atoms with Crippen molar-refractivity contribution in [3.63, 3.8) is 0 Å². The van der Waals surface area contributed by atoms with E-state index in [0.717, 1.165) is 17.3 Å². The first-order valence-electron chi connectivity index (χ1n) is 8.83. The number of nitrogens with zero attached hydrogens (tertiary/aromatic N) is 2. The summed E-state index contributed by atoms with van der Waals surface area (Å²) in [5.74, 6) is -0.266. The van der Waals surface area contributed by atoms with Gasteiger partial charge in [0.15, 0.2) is 0 Å². The summed E-state index contributed by atoms with van der Waals surface area (Å²) in [4.78, 5) is 11.9. The fraction of sp³-hybridized carbons (Fsp3) is 0.200. The number of carbonyl (C=O) groups excluding carboxylic acids is 1. The average molecular weight is 404 g/mol. The molecule has 0 saturated carbocycles. The molecule has 1 aromatic heterocycles. The Balaban J connectivity index is 1.43. The van der Waals surface area contributed by atoms with E-state index in [4.69, 9.17) is 4.74 Å². The quantitative estimate of drug-likeness (QED) is 0.589. The van der Waals surface area contributed by atoms with E-state index in [1.165, 1.54) is 18.2 Å². The number of hydrogen-bond donors (Lipinski definition) is 2. The molecule has 0 saturated heterocycles. The molecule has 0 fully saturated rings. The van der Waals surface area contributed by atoms with Crippen molar-refractivity contribution in [3.05, 3.63) is 78.1 Å². The van der Waals surface area contributed by atoms with Crippen molar-refractivity contribution < 1.29 is 22.7 Å². The summed E-state index contributed by atoms with van der Waals surface area (Å²) in [6.07, 6.45) is -1.00. The number of benzene rings is 2. The molecule has 0 aliphatic heterocycles. The Kier molecular flexibility index (Phi) is 6.38. The summed E-state index contributed by atoms with van der Waals surface area (Å²) in [5.41, 5.74) is 0.899. The summed E-state index contributed by atoms with van der Waals surface area (Å²) in [7, 11) is 0. The second kappa shape index (κ2) is 9.13. The van der Waals surface area contributed by atoms with E-state index < -0.39 is 17.8 Å². The molecule has 0 unspecified atom stereocenters. The van der Waals surface area contributed by atoms with Gasteiger partial charge in [0.2, 0.25) is 0 Å². The van der Waals surface area contributed by atoms with Gasteiger partial charge in [0.25, 0.3) is 0 Å². The molecule has 3 aromatic rings. The number of amides is 2. The highest BCUT2D eigenvalue weighted by atomic mass is 19.4. The lowest BCUT2D eigenvalue weighted by atomic mass is 10.2. The molecule has 29 heavy (non-hydrogen) atoms. The van der Waals surface area contributed by atoms with Crippen LogP contribution in [0.3, 0.4) is 0 Å². The van der Waals surface area contributed by atoms with Crippen LogP contribution < -0.4 is 15.4 Å². The number of ether oxygens (including phenoxy) is 1. The van der Waals surface area contributed by atoms with Crippen LogP contribution in [0.4, 0.5) is 18.0 Å². The minimum absolute atomic E-state index is 0.0609. The van der Waals surface area contributed by atoms with Gasteiger partial charge < -0.3 is 15.4 Å². The maximum absolute atomic E-state index is 12.9. The van der Waals surface area contributed by atoms with Gasteiger partial charge in [-0.1, -0.05) is 24.3 Å². The van der Waals surface area contributed by atoms with Crippen LogP contribution in [-0.4, -0.2) is 29.0 Å². The molecule has 0 radical (unpaired) electrons. The molecule has 0 atom stereocenters. The topological polar surface area (TPSA) is 68.2 Å². The molecule has 9 heteroatoms. The van der Waals surface area contributed by atoms with Gasteiger partial charge in [0.05, 0.1) is 17.8 Å². The predicted octanol–water partition coefficient (Wildman–Crippen LogP) is 3.77. The molecular weight excluding hydrogens is 385 g/mol. The monoisotopic (exact) mass is 404 g/mol. The van der Waals surface area contributed by atoms with Crippen LogP contribution in [0.15, 0.2) is 67.0 Å². The molecule has 152 valence electrons. The summed E-state index contributed by atoms with van der Waals surface area (Å²) in [6.45, 7) is 0.263. The largest absolute Gasteiger partial charge is 0.491 e. The Hall–Kier alpha value is -3.49. The number of aromatic nitrogens is 2. The van der Waals surface area contributed by atoms with E-state index in [0.29, 0.717) is 6.54 Å². The van der Waals surface area contributed by atoms with E-state index >= 15 is 0 Å². The normalized spacial score (nSPS) is 11.1. The Morgan fingerprint density at radius 1 is 1.07 bits per heavy atom. The van der Waals surface area contributed by atoms with E-state index in [2.05, 4.69) is 15.7 Å². The van der Waals surface area contributed by atoms with Crippen molar-refractivity contribution in [1.29, 1.82) is 0 Å². The summed E-state index contributed by atoms with van der Waals surface area (Å²) >= 11 is 0. The molecule has 0 aliphatic rings. The third kappa shape index (κ3) is 5.74. The van der Waals surface area contributed by atoms with Crippen molar-refractivity contribution in [2.24, 2.45) is 0 Å². The zero-order valence-corrected chi connectivity index (χ0v) is 15.3. The number of hydrogen-bond acceptors (Lipinski definition) is 3. The number of rotatable bonds is 7. The molecule has 2 aromatic carbocycles. The predicted molar refractivity (Wildman–Crippen MR) is 101 cm³/mol. The van der Waals surface area contributed by atoms with Crippen molar-refractivity contribution in [3.8, 4) is 11.4 Å². The molecule has 0 aliphatic carbocycles. The summed E-state index contributed by atoms with van der Waals surface area (Å²) in [5, 5.41) is 9.39.